The van der Waals surface area contributed by atoms with Gasteiger partial charge < -0.3 is 20.4 Å². The van der Waals surface area contributed by atoms with Crippen LogP contribution in [-0.2, 0) is 25.7 Å². The van der Waals surface area contributed by atoms with Crippen LogP contribution in [0.4, 0.5) is 0 Å². The highest BCUT2D eigenvalue weighted by Crippen LogP contribution is 2.37. The molecule has 40 heavy (non-hydrogen) atoms. The Hall–Kier alpha value is -4.44. The Kier molecular flexibility index (Phi) is 9.49. The van der Waals surface area contributed by atoms with Crippen molar-refractivity contribution in [2.24, 2.45) is 0 Å². The highest BCUT2D eigenvalue weighted by atomic mass is 16.3. The maximum Gasteiger partial charge on any atom is 0.126 e. The molecule has 0 unspecified atom stereocenters. The molecule has 4 aromatic carbocycles. The van der Waals surface area contributed by atoms with Gasteiger partial charge in [-0.25, -0.2) is 0 Å². The van der Waals surface area contributed by atoms with Gasteiger partial charge in [-0.3, -0.25) is 0 Å². The van der Waals surface area contributed by atoms with Gasteiger partial charge in [0.15, 0.2) is 0 Å². The van der Waals surface area contributed by atoms with Crippen LogP contribution >= 0.6 is 0 Å². The molecule has 4 aromatic rings. The van der Waals surface area contributed by atoms with Gasteiger partial charge in [0.05, 0.1) is 0 Å². The SMILES string of the molecule is C=C(C)Cc1cc2c(O)c(CC(=C)C)ccc2cc1O.C=C(C)Cc1ccc2c(CC(=C)C)c(O)ccc2c1O. The fourth-order valence-electron chi connectivity index (χ4n) is 4.81. The molecule has 0 saturated carbocycles. The van der Waals surface area contributed by atoms with E-state index in [1.807, 2.05) is 58.0 Å². The lowest BCUT2D eigenvalue weighted by Gasteiger charge is -2.13. The van der Waals surface area contributed by atoms with Crippen LogP contribution in [0.2, 0.25) is 0 Å². The summed E-state index contributed by atoms with van der Waals surface area (Å²) in [6.07, 6.45) is 2.51. The molecule has 0 saturated heterocycles. The van der Waals surface area contributed by atoms with Crippen molar-refractivity contribution >= 4 is 21.5 Å². The minimum Gasteiger partial charge on any atom is -0.508 e. The number of benzene rings is 4. The normalized spacial score (nSPS) is 10.7. The van der Waals surface area contributed by atoms with E-state index in [1.54, 1.807) is 18.2 Å². The molecule has 0 amide bonds. The van der Waals surface area contributed by atoms with Gasteiger partial charge >= 0.3 is 0 Å². The van der Waals surface area contributed by atoms with Gasteiger partial charge in [-0.15, -0.1) is 0 Å². The van der Waals surface area contributed by atoms with E-state index in [2.05, 4.69) is 26.3 Å². The summed E-state index contributed by atoms with van der Waals surface area (Å²) in [4.78, 5) is 0. The average Bonchev–Trinajstić information content (AvgIpc) is 2.85. The van der Waals surface area contributed by atoms with Crippen LogP contribution in [-0.4, -0.2) is 20.4 Å². The molecule has 0 atom stereocenters. The first-order chi connectivity index (χ1) is 18.8. The topological polar surface area (TPSA) is 80.9 Å². The number of fused-ring (bicyclic) bond motifs is 2. The summed E-state index contributed by atoms with van der Waals surface area (Å²) < 4.78 is 0. The number of phenols is 4. The van der Waals surface area contributed by atoms with Crippen LogP contribution in [0, 0.1) is 0 Å². The molecule has 0 bridgehead atoms. The predicted molar refractivity (Wildman–Crippen MR) is 169 cm³/mol. The molecule has 0 radical (unpaired) electrons. The van der Waals surface area contributed by atoms with Gasteiger partial charge in [-0.05, 0) is 105 Å². The van der Waals surface area contributed by atoms with Crippen LogP contribution in [0.15, 0.2) is 97.1 Å². The minimum absolute atomic E-state index is 0.243. The van der Waals surface area contributed by atoms with Crippen molar-refractivity contribution in [3.63, 3.8) is 0 Å². The minimum atomic E-state index is 0.243. The van der Waals surface area contributed by atoms with Crippen LogP contribution in [0.1, 0.15) is 49.9 Å². The number of rotatable bonds is 8. The van der Waals surface area contributed by atoms with Crippen LogP contribution in [0.3, 0.4) is 0 Å². The summed E-state index contributed by atoms with van der Waals surface area (Å²) in [6.45, 7) is 23.2. The lowest BCUT2D eigenvalue weighted by molar-refractivity contribution is 0.468. The maximum absolute atomic E-state index is 10.4. The molecule has 0 aromatic heterocycles. The Bertz CT molecular complexity index is 1610. The molecule has 4 N–H and O–H groups in total. The number of aromatic hydroxyl groups is 4. The van der Waals surface area contributed by atoms with E-state index in [4.69, 9.17) is 0 Å². The van der Waals surface area contributed by atoms with Crippen LogP contribution < -0.4 is 0 Å². The third-order valence-corrected chi connectivity index (χ3v) is 6.57. The van der Waals surface area contributed by atoms with Crippen molar-refractivity contribution in [3.05, 3.63) is 119 Å². The Morgan fingerprint density at radius 3 is 1.52 bits per heavy atom. The van der Waals surface area contributed by atoms with E-state index in [1.165, 1.54) is 0 Å². The second kappa shape index (κ2) is 12.6. The fraction of sp³-hybridized carbons (Fsp3) is 0.222. The number of allylic oxidation sites excluding steroid dienone is 4. The maximum atomic E-state index is 10.4. The molecular formula is C36H40O4. The van der Waals surface area contributed by atoms with E-state index in [-0.39, 0.29) is 23.0 Å². The van der Waals surface area contributed by atoms with Crippen molar-refractivity contribution in [1.82, 2.24) is 0 Å². The molecule has 0 aliphatic heterocycles. The second-order valence-corrected chi connectivity index (χ2v) is 11.0. The predicted octanol–water partition coefficient (Wildman–Crippen LogP) is 8.98. The molecule has 0 aliphatic rings. The summed E-state index contributed by atoms with van der Waals surface area (Å²) in [5, 5.41) is 44.1. The zero-order valence-electron chi connectivity index (χ0n) is 24.1. The molecule has 0 aliphatic carbocycles. The zero-order chi connectivity index (χ0) is 29.7. The third kappa shape index (κ3) is 7.15. The van der Waals surface area contributed by atoms with Crippen LogP contribution in [0.5, 0.6) is 23.0 Å². The van der Waals surface area contributed by atoms with E-state index < -0.39 is 0 Å². The lowest BCUT2D eigenvalue weighted by Crippen LogP contribution is -1.93. The Morgan fingerprint density at radius 2 is 0.975 bits per heavy atom. The number of phenolic OH excluding ortho intramolecular Hbond substituents is 4. The molecular weight excluding hydrogens is 496 g/mol. The van der Waals surface area contributed by atoms with Gasteiger partial charge in [0.1, 0.15) is 23.0 Å². The average molecular weight is 537 g/mol. The summed E-state index contributed by atoms with van der Waals surface area (Å²) in [6, 6.07) is 14.6. The first-order valence-electron chi connectivity index (χ1n) is 13.3. The second-order valence-electron chi connectivity index (χ2n) is 11.0. The standard InChI is InChI=1S/2C18H20O2/c1-11(2)7-14-6-5-13-10-17(19)15(8-12(3)4)9-16(13)18(14)20;1-11(2)9-13-5-6-14-15(18(13)20)7-8-17(19)16(14)10-12(3)4/h5-6,9-10,19-20H,1,3,7-8H2,2,4H3;5-8,19-20H,1,3,9-10H2,2,4H3. The van der Waals surface area contributed by atoms with Gasteiger partial charge in [0, 0.05) is 16.3 Å². The Morgan fingerprint density at radius 1 is 0.500 bits per heavy atom. The monoisotopic (exact) mass is 536 g/mol. The first-order valence-corrected chi connectivity index (χ1v) is 13.3. The van der Waals surface area contributed by atoms with Crippen molar-refractivity contribution in [2.45, 2.75) is 53.4 Å². The molecule has 208 valence electrons. The summed E-state index contributed by atoms with van der Waals surface area (Å²) in [7, 11) is 0. The summed E-state index contributed by atoms with van der Waals surface area (Å²) >= 11 is 0. The molecule has 0 fully saturated rings. The van der Waals surface area contributed by atoms with Gasteiger partial charge in [-0.1, -0.05) is 72.9 Å². The largest absolute Gasteiger partial charge is 0.508 e. The van der Waals surface area contributed by atoms with Gasteiger partial charge in [0.2, 0.25) is 0 Å². The van der Waals surface area contributed by atoms with Crippen LogP contribution in [0.25, 0.3) is 21.5 Å². The lowest BCUT2D eigenvalue weighted by atomic mass is 9.95. The van der Waals surface area contributed by atoms with E-state index in [9.17, 15) is 20.4 Å². The molecule has 0 spiro atoms. The smallest absolute Gasteiger partial charge is 0.126 e. The van der Waals surface area contributed by atoms with Crippen molar-refractivity contribution < 1.29 is 20.4 Å². The summed E-state index contributed by atoms with van der Waals surface area (Å²) in [5.41, 5.74) is 7.26. The van der Waals surface area contributed by atoms with E-state index >= 15 is 0 Å². The van der Waals surface area contributed by atoms with E-state index in [0.29, 0.717) is 25.7 Å². The Balaban J connectivity index is 0.000000220. The number of hydrogen-bond acceptors (Lipinski definition) is 4. The fourth-order valence-corrected chi connectivity index (χ4v) is 4.81. The Labute approximate surface area is 237 Å². The number of hydrogen-bond donors (Lipinski definition) is 4. The molecule has 4 rings (SSSR count). The van der Waals surface area contributed by atoms with Crippen molar-refractivity contribution in [1.29, 1.82) is 0 Å². The molecule has 4 nitrogen and oxygen atoms in total. The quantitative estimate of drug-likeness (QED) is 0.169. The van der Waals surface area contributed by atoms with Gasteiger partial charge in [0.25, 0.3) is 0 Å². The van der Waals surface area contributed by atoms with Crippen molar-refractivity contribution in [2.75, 3.05) is 0 Å². The highest BCUT2D eigenvalue weighted by Gasteiger charge is 2.13. The third-order valence-electron chi connectivity index (χ3n) is 6.57. The van der Waals surface area contributed by atoms with Crippen molar-refractivity contribution in [3.8, 4) is 23.0 Å². The highest BCUT2D eigenvalue weighted by molar-refractivity contribution is 5.94. The van der Waals surface area contributed by atoms with E-state index in [0.717, 1.165) is 66.1 Å². The van der Waals surface area contributed by atoms with Gasteiger partial charge in [-0.2, -0.15) is 0 Å². The first kappa shape index (κ1) is 30.1. The molecule has 4 heteroatoms. The molecule has 0 heterocycles. The zero-order valence-corrected chi connectivity index (χ0v) is 24.1. The summed E-state index contributed by atoms with van der Waals surface area (Å²) in [5.74, 6) is 1.03.